The molecule has 0 aromatic carbocycles. The van der Waals surface area contributed by atoms with Crippen molar-refractivity contribution in [2.24, 2.45) is 0 Å². The highest BCUT2D eigenvalue weighted by Crippen LogP contribution is 2.34. The molecule has 0 saturated carbocycles. The van der Waals surface area contributed by atoms with E-state index in [1.54, 1.807) is 7.05 Å². The van der Waals surface area contributed by atoms with Gasteiger partial charge in [0.15, 0.2) is 0 Å². The van der Waals surface area contributed by atoms with Crippen molar-refractivity contribution < 1.29 is 4.79 Å². The van der Waals surface area contributed by atoms with Crippen molar-refractivity contribution in [3.8, 4) is 0 Å². The van der Waals surface area contributed by atoms with Gasteiger partial charge in [0.1, 0.15) is 4.88 Å². The molecule has 1 fully saturated rings. The van der Waals surface area contributed by atoms with Crippen molar-refractivity contribution >= 4 is 27.9 Å². The van der Waals surface area contributed by atoms with Crippen LogP contribution in [0.2, 0.25) is 0 Å². The molecule has 1 saturated heterocycles. The van der Waals surface area contributed by atoms with Crippen LogP contribution in [0.1, 0.15) is 16.6 Å². The van der Waals surface area contributed by atoms with Crippen LogP contribution >= 0.6 is 11.3 Å². The van der Waals surface area contributed by atoms with Crippen LogP contribution in [0, 0.1) is 0 Å². The Kier molecular flexibility index (Phi) is 3.77. The minimum absolute atomic E-state index is 0.106. The van der Waals surface area contributed by atoms with E-state index in [4.69, 9.17) is 5.73 Å². The fourth-order valence-electron chi connectivity index (χ4n) is 2.29. The Morgan fingerprint density at radius 1 is 1.56 bits per heavy atom. The summed E-state index contributed by atoms with van der Waals surface area (Å²) in [5.41, 5.74) is 6.48. The Balaban J connectivity index is 2.21. The van der Waals surface area contributed by atoms with Crippen LogP contribution in [-0.2, 0) is 0 Å². The quantitative estimate of drug-likeness (QED) is 0.834. The molecule has 1 aliphatic heterocycles. The van der Waals surface area contributed by atoms with E-state index in [-0.39, 0.29) is 5.91 Å². The van der Waals surface area contributed by atoms with Gasteiger partial charge in [-0.25, -0.2) is 0 Å². The molecule has 0 bridgehead atoms. The largest absolute Gasteiger partial charge is 0.397 e. The van der Waals surface area contributed by atoms with Crippen LogP contribution in [0.4, 0.5) is 10.7 Å². The lowest BCUT2D eigenvalue weighted by atomic mass is 10.2. The Hall–Kier alpha value is -1.27. The highest BCUT2D eigenvalue weighted by atomic mass is 32.1. The number of nitrogens with zero attached hydrogens (tertiary/aromatic N) is 2. The first-order valence-corrected chi connectivity index (χ1v) is 6.91. The lowest BCUT2D eigenvalue weighted by molar-refractivity contribution is 0.0968. The van der Waals surface area contributed by atoms with E-state index in [0.717, 1.165) is 24.6 Å². The molecule has 0 radical (unpaired) electrons. The summed E-state index contributed by atoms with van der Waals surface area (Å²) in [5, 5.41) is 3.71. The molecule has 1 aromatic heterocycles. The van der Waals surface area contributed by atoms with Crippen molar-refractivity contribution in [1.29, 1.82) is 0 Å². The first kappa shape index (κ1) is 13.2. The average molecular weight is 268 g/mol. The minimum atomic E-state index is -0.106. The summed E-state index contributed by atoms with van der Waals surface area (Å²) in [6, 6.07) is 2.36. The van der Waals surface area contributed by atoms with Crippen molar-refractivity contribution in [3.63, 3.8) is 0 Å². The number of hydrogen-bond donors (Lipinski definition) is 2. The van der Waals surface area contributed by atoms with E-state index in [1.165, 1.54) is 11.3 Å². The minimum Gasteiger partial charge on any atom is -0.397 e. The molecule has 1 amide bonds. The Labute approximate surface area is 112 Å². The summed E-state index contributed by atoms with van der Waals surface area (Å²) in [5.74, 6) is -0.106. The van der Waals surface area contributed by atoms with Gasteiger partial charge in [-0.15, -0.1) is 11.3 Å². The van der Waals surface area contributed by atoms with Gasteiger partial charge in [0.25, 0.3) is 5.91 Å². The second-order valence-corrected chi connectivity index (χ2v) is 5.78. The number of nitrogen functional groups attached to an aromatic ring is 1. The first-order valence-electron chi connectivity index (χ1n) is 6.09. The van der Waals surface area contributed by atoms with E-state index in [2.05, 4.69) is 29.1 Å². The van der Waals surface area contributed by atoms with Crippen LogP contribution in [0.5, 0.6) is 0 Å². The van der Waals surface area contributed by atoms with Gasteiger partial charge < -0.3 is 20.9 Å². The molecule has 3 N–H and O–H groups in total. The van der Waals surface area contributed by atoms with Crippen molar-refractivity contribution in [2.45, 2.75) is 13.0 Å². The first-order chi connectivity index (χ1) is 8.52. The zero-order valence-corrected chi connectivity index (χ0v) is 11.9. The molecule has 1 unspecified atom stereocenters. The van der Waals surface area contributed by atoms with Gasteiger partial charge in [0, 0.05) is 32.7 Å². The maximum atomic E-state index is 11.7. The summed E-state index contributed by atoms with van der Waals surface area (Å²) in [4.78, 5) is 16.9. The molecular weight excluding hydrogens is 248 g/mol. The lowest BCUT2D eigenvalue weighted by Crippen LogP contribution is -2.50. The molecule has 6 heteroatoms. The predicted molar refractivity (Wildman–Crippen MR) is 76.4 cm³/mol. The molecule has 1 atom stereocenters. The van der Waals surface area contributed by atoms with Crippen molar-refractivity contribution in [3.05, 3.63) is 10.9 Å². The molecule has 1 aromatic rings. The molecule has 0 spiro atoms. The van der Waals surface area contributed by atoms with Gasteiger partial charge in [0.05, 0.1) is 10.7 Å². The third-order valence-electron chi connectivity index (χ3n) is 3.29. The van der Waals surface area contributed by atoms with E-state index in [1.807, 2.05) is 6.07 Å². The topological polar surface area (TPSA) is 61.6 Å². The van der Waals surface area contributed by atoms with Crippen LogP contribution in [0.25, 0.3) is 0 Å². The van der Waals surface area contributed by atoms with E-state index < -0.39 is 0 Å². The van der Waals surface area contributed by atoms with Gasteiger partial charge in [0.2, 0.25) is 0 Å². The van der Waals surface area contributed by atoms with Gasteiger partial charge in [-0.2, -0.15) is 0 Å². The van der Waals surface area contributed by atoms with Crippen molar-refractivity contribution in [1.82, 2.24) is 10.2 Å². The van der Waals surface area contributed by atoms with Crippen LogP contribution in [-0.4, -0.2) is 50.6 Å². The fraction of sp³-hybridized carbons (Fsp3) is 0.583. The molecule has 2 rings (SSSR count). The molecule has 18 heavy (non-hydrogen) atoms. The number of piperazine rings is 1. The molecule has 1 aliphatic rings. The Morgan fingerprint density at radius 2 is 2.28 bits per heavy atom. The average Bonchev–Trinajstić information content (AvgIpc) is 2.70. The molecule has 0 aliphatic carbocycles. The summed E-state index contributed by atoms with van der Waals surface area (Å²) in [6.45, 7) is 5.25. The number of hydrogen-bond acceptors (Lipinski definition) is 5. The second kappa shape index (κ2) is 5.16. The van der Waals surface area contributed by atoms with E-state index in [0.29, 0.717) is 16.6 Å². The van der Waals surface area contributed by atoms with Gasteiger partial charge in [-0.1, -0.05) is 0 Å². The van der Waals surface area contributed by atoms with Gasteiger partial charge in [-0.05, 0) is 20.0 Å². The van der Waals surface area contributed by atoms with Crippen molar-refractivity contribution in [2.75, 3.05) is 44.4 Å². The van der Waals surface area contributed by atoms with E-state index >= 15 is 0 Å². The number of nitrogens with two attached hydrogens (primary N) is 1. The highest BCUT2D eigenvalue weighted by Gasteiger charge is 2.24. The zero-order valence-electron chi connectivity index (χ0n) is 11.1. The Morgan fingerprint density at radius 3 is 2.89 bits per heavy atom. The summed E-state index contributed by atoms with van der Waals surface area (Å²) in [7, 11) is 3.76. The maximum absolute atomic E-state index is 11.7. The molecule has 100 valence electrons. The SMILES string of the molecule is CNC(=O)c1sc(N2CCN(C)CC2C)cc1N. The predicted octanol–water partition coefficient (Wildman–Crippen LogP) is 0.830. The third kappa shape index (κ3) is 2.44. The number of likely N-dealkylation sites (N-methyl/N-ethyl adjacent to an activating group) is 1. The van der Waals surface area contributed by atoms with Gasteiger partial charge in [-0.3, -0.25) is 4.79 Å². The number of carbonyl (C=O) groups is 1. The molecular formula is C12H20N4OS. The van der Waals surface area contributed by atoms with Crippen LogP contribution < -0.4 is 16.0 Å². The van der Waals surface area contributed by atoms with Crippen LogP contribution in [0.3, 0.4) is 0 Å². The maximum Gasteiger partial charge on any atom is 0.263 e. The lowest BCUT2D eigenvalue weighted by Gasteiger charge is -2.38. The number of rotatable bonds is 2. The second-order valence-electron chi connectivity index (χ2n) is 4.75. The number of nitrogens with one attached hydrogen (secondary N) is 1. The molecule has 2 heterocycles. The fourth-order valence-corrected chi connectivity index (χ4v) is 3.45. The highest BCUT2D eigenvalue weighted by molar-refractivity contribution is 7.18. The van der Waals surface area contributed by atoms with Crippen LogP contribution in [0.15, 0.2) is 6.07 Å². The summed E-state index contributed by atoms with van der Waals surface area (Å²) >= 11 is 1.47. The smallest absolute Gasteiger partial charge is 0.263 e. The number of anilines is 2. The normalized spacial score (nSPS) is 21.1. The standard InChI is InChI=1S/C12H20N4OS/c1-8-7-15(3)4-5-16(8)10-6-9(13)11(18-10)12(17)14-2/h6,8H,4-5,7,13H2,1-3H3,(H,14,17). The van der Waals surface area contributed by atoms with E-state index in [9.17, 15) is 4.79 Å². The number of thiophene rings is 1. The number of amides is 1. The van der Waals surface area contributed by atoms with Gasteiger partial charge >= 0.3 is 0 Å². The summed E-state index contributed by atoms with van der Waals surface area (Å²) < 4.78 is 0. The Bertz CT molecular complexity index is 445. The molecule has 5 nitrogen and oxygen atoms in total. The zero-order chi connectivity index (χ0) is 13.3. The number of carbonyl (C=O) groups excluding carboxylic acids is 1. The monoisotopic (exact) mass is 268 g/mol. The third-order valence-corrected chi connectivity index (χ3v) is 4.48. The summed E-state index contributed by atoms with van der Waals surface area (Å²) in [6.07, 6.45) is 0.